The fraction of sp³-hybridized carbons (Fsp3) is 0.235. The average molecular weight is 327 g/mol. The molecule has 7 heteroatoms. The van der Waals surface area contributed by atoms with Gasteiger partial charge in [-0.05, 0) is 25.1 Å². The number of ether oxygens (including phenoxy) is 1. The molecular formula is C17H17N3O4. The molecule has 0 aliphatic carbocycles. The largest absolute Gasteiger partial charge is 0.469 e. The zero-order valence-electron chi connectivity index (χ0n) is 13.1. The van der Waals surface area contributed by atoms with Crippen LogP contribution >= 0.6 is 0 Å². The van der Waals surface area contributed by atoms with Crippen LogP contribution in [0.2, 0.25) is 0 Å². The Balaban J connectivity index is 1.74. The Kier molecular flexibility index (Phi) is 4.33. The van der Waals surface area contributed by atoms with Crippen LogP contribution in [0.1, 0.15) is 17.7 Å². The summed E-state index contributed by atoms with van der Waals surface area (Å²) in [5.74, 6) is -0.423. The van der Waals surface area contributed by atoms with Crippen LogP contribution in [0.4, 0.5) is 5.69 Å². The van der Waals surface area contributed by atoms with Crippen LogP contribution in [0.5, 0.6) is 0 Å². The van der Waals surface area contributed by atoms with Crippen molar-refractivity contribution in [3.8, 4) is 0 Å². The number of carbonyl (C=O) groups excluding carboxylic acids is 2. The number of carbonyl (C=O) groups is 2. The number of rotatable bonds is 5. The quantitative estimate of drug-likeness (QED) is 0.844. The van der Waals surface area contributed by atoms with Crippen molar-refractivity contribution in [2.45, 2.75) is 26.0 Å². The highest BCUT2D eigenvalue weighted by Gasteiger charge is 2.35. The van der Waals surface area contributed by atoms with E-state index in [4.69, 9.17) is 14.9 Å². The van der Waals surface area contributed by atoms with E-state index in [0.29, 0.717) is 11.4 Å². The van der Waals surface area contributed by atoms with Gasteiger partial charge in [-0.15, -0.1) is 0 Å². The topological polar surface area (TPSA) is 98.1 Å². The number of benzene rings is 1. The first-order valence-corrected chi connectivity index (χ1v) is 7.47. The van der Waals surface area contributed by atoms with Crippen LogP contribution in [0.25, 0.3) is 0 Å². The van der Waals surface area contributed by atoms with E-state index in [1.165, 1.54) is 11.3 Å². The van der Waals surface area contributed by atoms with E-state index in [2.05, 4.69) is 5.10 Å². The summed E-state index contributed by atoms with van der Waals surface area (Å²) in [5, 5.41) is 5.69. The number of aryl methyl sites for hydroxylation is 1. The van der Waals surface area contributed by atoms with Gasteiger partial charge in [-0.25, -0.2) is 4.79 Å². The zero-order chi connectivity index (χ0) is 17.1. The van der Waals surface area contributed by atoms with Gasteiger partial charge in [-0.2, -0.15) is 5.10 Å². The summed E-state index contributed by atoms with van der Waals surface area (Å²) in [7, 11) is 0. The highest BCUT2D eigenvalue weighted by molar-refractivity contribution is 6.38. The molecule has 0 spiro atoms. The average Bonchev–Trinajstić information content (AvgIpc) is 3.20. The maximum absolute atomic E-state index is 12.2. The van der Waals surface area contributed by atoms with Gasteiger partial charge < -0.3 is 14.9 Å². The fourth-order valence-corrected chi connectivity index (χ4v) is 2.46. The number of hydrazone groups is 1. The molecule has 0 radical (unpaired) electrons. The molecular weight excluding hydrogens is 310 g/mol. The number of primary amides is 1. The maximum atomic E-state index is 12.2. The van der Waals surface area contributed by atoms with Crippen molar-refractivity contribution in [3.05, 3.63) is 54.0 Å². The summed E-state index contributed by atoms with van der Waals surface area (Å²) in [6.07, 6.45) is 1.65. The fourth-order valence-electron chi connectivity index (χ4n) is 2.46. The molecule has 7 nitrogen and oxygen atoms in total. The van der Waals surface area contributed by atoms with Gasteiger partial charge in [-0.1, -0.05) is 18.2 Å². The lowest BCUT2D eigenvalue weighted by molar-refractivity contribution is -0.136. The number of nitrogens with zero attached hydrogens (tertiary/aromatic N) is 2. The minimum absolute atomic E-state index is 0.0900. The highest BCUT2D eigenvalue weighted by Crippen LogP contribution is 2.24. The number of anilines is 1. The van der Waals surface area contributed by atoms with E-state index in [1.807, 2.05) is 18.2 Å². The Morgan fingerprint density at radius 1 is 1.33 bits per heavy atom. The Hall–Kier alpha value is -3.09. The van der Waals surface area contributed by atoms with Gasteiger partial charge in [0.15, 0.2) is 0 Å². The van der Waals surface area contributed by atoms with E-state index < -0.39 is 17.9 Å². The number of hydrogen-bond donors (Lipinski definition) is 1. The predicted octanol–water partition coefficient (Wildman–Crippen LogP) is 1.75. The standard InChI is InChI=1S/C17H17N3O4/c1-11-12(7-8-23-11)10-24-17(22)14-9-15(16(18)21)20(19-14)13-5-3-2-4-6-13/h2-8,15H,9-10H2,1H3,(H2,18,21). The molecule has 1 atom stereocenters. The van der Waals surface area contributed by atoms with Crippen molar-refractivity contribution in [1.82, 2.24) is 0 Å². The molecule has 24 heavy (non-hydrogen) atoms. The predicted molar refractivity (Wildman–Crippen MR) is 87.2 cm³/mol. The third kappa shape index (κ3) is 3.15. The summed E-state index contributed by atoms with van der Waals surface area (Å²) in [4.78, 5) is 23.9. The Labute approximate surface area is 138 Å². The van der Waals surface area contributed by atoms with Gasteiger partial charge in [0.25, 0.3) is 0 Å². The number of esters is 1. The van der Waals surface area contributed by atoms with Gasteiger partial charge in [0.1, 0.15) is 24.1 Å². The van der Waals surface area contributed by atoms with E-state index in [-0.39, 0.29) is 18.7 Å². The third-order valence-electron chi connectivity index (χ3n) is 3.82. The molecule has 1 amide bonds. The summed E-state index contributed by atoms with van der Waals surface area (Å²) < 4.78 is 10.4. The SMILES string of the molecule is Cc1occc1COC(=O)C1=NN(c2ccccc2)C(C(N)=O)C1. The van der Waals surface area contributed by atoms with Crippen LogP contribution in [0.15, 0.2) is 52.2 Å². The van der Waals surface area contributed by atoms with Crippen molar-refractivity contribution in [3.63, 3.8) is 0 Å². The molecule has 1 aliphatic heterocycles. The van der Waals surface area contributed by atoms with Gasteiger partial charge in [-0.3, -0.25) is 9.80 Å². The van der Waals surface area contributed by atoms with Crippen LogP contribution in [-0.4, -0.2) is 23.6 Å². The number of hydrogen-bond acceptors (Lipinski definition) is 6. The van der Waals surface area contributed by atoms with E-state index >= 15 is 0 Å². The summed E-state index contributed by atoms with van der Waals surface area (Å²) in [5.41, 5.74) is 7.09. The second-order valence-electron chi connectivity index (χ2n) is 5.43. The second kappa shape index (κ2) is 6.57. The zero-order valence-corrected chi connectivity index (χ0v) is 13.1. The van der Waals surface area contributed by atoms with E-state index in [1.54, 1.807) is 25.1 Å². The van der Waals surface area contributed by atoms with Crippen LogP contribution in [0.3, 0.4) is 0 Å². The molecule has 0 bridgehead atoms. The molecule has 0 saturated carbocycles. The second-order valence-corrected chi connectivity index (χ2v) is 5.43. The molecule has 1 unspecified atom stereocenters. The first kappa shape index (κ1) is 15.8. The Morgan fingerprint density at radius 2 is 2.08 bits per heavy atom. The summed E-state index contributed by atoms with van der Waals surface area (Å²) in [6, 6.07) is 10.1. The first-order valence-electron chi connectivity index (χ1n) is 7.47. The van der Waals surface area contributed by atoms with Crippen molar-refractivity contribution in [2.24, 2.45) is 10.8 Å². The molecule has 1 aliphatic rings. The number of para-hydroxylation sites is 1. The lowest BCUT2D eigenvalue weighted by Crippen LogP contribution is -2.39. The van der Waals surface area contributed by atoms with Gasteiger partial charge in [0, 0.05) is 12.0 Å². The van der Waals surface area contributed by atoms with Crippen LogP contribution in [-0.2, 0) is 20.9 Å². The van der Waals surface area contributed by atoms with Gasteiger partial charge in [0.05, 0.1) is 12.0 Å². The van der Waals surface area contributed by atoms with Crippen molar-refractivity contribution < 1.29 is 18.7 Å². The summed E-state index contributed by atoms with van der Waals surface area (Å²) in [6.45, 7) is 1.88. The molecule has 3 rings (SSSR count). The molecule has 0 fully saturated rings. The smallest absolute Gasteiger partial charge is 0.354 e. The van der Waals surface area contributed by atoms with E-state index in [0.717, 1.165) is 5.56 Å². The lowest BCUT2D eigenvalue weighted by atomic mass is 10.1. The Bertz CT molecular complexity index is 782. The number of amides is 1. The number of nitrogens with two attached hydrogens (primary N) is 1. The normalized spacial score (nSPS) is 16.8. The van der Waals surface area contributed by atoms with Gasteiger partial charge in [0.2, 0.25) is 5.91 Å². The summed E-state index contributed by atoms with van der Waals surface area (Å²) >= 11 is 0. The maximum Gasteiger partial charge on any atom is 0.354 e. The third-order valence-corrected chi connectivity index (χ3v) is 3.82. The highest BCUT2D eigenvalue weighted by atomic mass is 16.5. The van der Waals surface area contributed by atoms with Gasteiger partial charge >= 0.3 is 5.97 Å². The lowest BCUT2D eigenvalue weighted by Gasteiger charge is -2.20. The molecule has 124 valence electrons. The monoisotopic (exact) mass is 327 g/mol. The van der Waals surface area contributed by atoms with Crippen molar-refractivity contribution in [1.29, 1.82) is 0 Å². The van der Waals surface area contributed by atoms with Crippen molar-refractivity contribution in [2.75, 3.05) is 5.01 Å². The minimum atomic E-state index is -0.703. The van der Waals surface area contributed by atoms with Crippen LogP contribution < -0.4 is 10.7 Å². The van der Waals surface area contributed by atoms with E-state index in [9.17, 15) is 9.59 Å². The molecule has 1 aromatic heterocycles. The van der Waals surface area contributed by atoms with Crippen molar-refractivity contribution >= 4 is 23.3 Å². The molecule has 2 aromatic rings. The molecule has 1 aromatic carbocycles. The molecule has 2 N–H and O–H groups in total. The molecule has 2 heterocycles. The minimum Gasteiger partial charge on any atom is -0.469 e. The van der Waals surface area contributed by atoms with Crippen LogP contribution in [0, 0.1) is 6.92 Å². The first-order chi connectivity index (χ1) is 11.6. The number of furan rings is 1. The molecule has 0 saturated heterocycles. The Morgan fingerprint density at radius 3 is 2.71 bits per heavy atom.